The predicted molar refractivity (Wildman–Crippen MR) is 128 cm³/mol. The quantitative estimate of drug-likeness (QED) is 0.243. The molecule has 0 heterocycles. The van der Waals surface area contributed by atoms with Crippen LogP contribution in [0, 0.1) is 0 Å². The number of fused-ring (bicyclic) bond motifs is 1. The minimum Gasteiger partial charge on any atom is -0.304 e. The molecule has 0 aromatic heterocycles. The molecule has 3 nitrogen and oxygen atoms in total. The third-order valence-electron chi connectivity index (χ3n) is 4.93. The van der Waals surface area contributed by atoms with Gasteiger partial charge in [0, 0.05) is 10.0 Å². The van der Waals surface area contributed by atoms with Crippen LogP contribution in [0.2, 0.25) is 10.0 Å². The lowest BCUT2D eigenvalue weighted by Gasteiger charge is -2.20. The summed E-state index contributed by atoms with van der Waals surface area (Å²) in [6.45, 7) is 0.333. The van der Waals surface area contributed by atoms with Crippen molar-refractivity contribution in [3.63, 3.8) is 0 Å². The minimum absolute atomic E-state index is 0.166. The second kappa shape index (κ2) is 9.99. The van der Waals surface area contributed by atoms with Crippen LogP contribution in [-0.4, -0.2) is 0 Å². The van der Waals surface area contributed by atoms with Crippen molar-refractivity contribution in [2.24, 2.45) is 0 Å². The van der Waals surface area contributed by atoms with Crippen molar-refractivity contribution in [3.05, 3.63) is 118 Å². The molecule has 0 unspecified atom stereocenters. The van der Waals surface area contributed by atoms with Crippen LogP contribution >= 0.6 is 30.8 Å². The Morgan fingerprint density at radius 2 is 1.16 bits per heavy atom. The average molecular weight is 471 g/mol. The highest BCUT2D eigenvalue weighted by Crippen LogP contribution is 2.53. The Morgan fingerprint density at radius 3 is 1.74 bits per heavy atom. The number of hydrogen-bond donors (Lipinski definition) is 0. The second-order valence-corrected chi connectivity index (χ2v) is 10.1. The second-order valence-electron chi connectivity index (χ2n) is 7.21. The van der Waals surface area contributed by atoms with Gasteiger partial charge in [-0.05, 0) is 51.7 Å². The number of halogens is 2. The maximum absolute atomic E-state index is 13.8. The first-order valence-electron chi connectivity index (χ1n) is 9.84. The zero-order chi connectivity index (χ0) is 21.7. The van der Waals surface area contributed by atoms with Crippen molar-refractivity contribution in [3.8, 4) is 0 Å². The fraction of sp³-hybridized carbons (Fsp3) is 0.120. The Hall–Kier alpha value is -2.13. The minimum atomic E-state index is -3.47. The molecule has 31 heavy (non-hydrogen) atoms. The van der Waals surface area contributed by atoms with Crippen LogP contribution in [0.5, 0.6) is 0 Å². The molecule has 6 heteroatoms. The van der Waals surface area contributed by atoms with Gasteiger partial charge in [-0.3, -0.25) is 4.57 Å². The van der Waals surface area contributed by atoms with E-state index < -0.39 is 7.60 Å². The summed E-state index contributed by atoms with van der Waals surface area (Å²) < 4.78 is 25.6. The molecule has 0 aliphatic rings. The molecular weight excluding hydrogens is 450 g/mol. The van der Waals surface area contributed by atoms with Gasteiger partial charge >= 0.3 is 7.60 Å². The Balaban J connectivity index is 1.58. The highest BCUT2D eigenvalue weighted by Gasteiger charge is 2.26. The zero-order valence-corrected chi connectivity index (χ0v) is 19.1. The largest absolute Gasteiger partial charge is 0.335 e. The summed E-state index contributed by atoms with van der Waals surface area (Å²) in [5, 5.41) is 3.40. The van der Waals surface area contributed by atoms with Gasteiger partial charge in [0.05, 0.1) is 19.4 Å². The smallest absolute Gasteiger partial charge is 0.304 e. The van der Waals surface area contributed by atoms with Crippen LogP contribution < -0.4 is 0 Å². The molecule has 0 fully saturated rings. The van der Waals surface area contributed by atoms with E-state index in [1.54, 1.807) is 24.3 Å². The monoisotopic (exact) mass is 470 g/mol. The van der Waals surface area contributed by atoms with Crippen molar-refractivity contribution in [1.82, 2.24) is 0 Å². The van der Waals surface area contributed by atoms with Crippen LogP contribution in [-0.2, 0) is 33.0 Å². The lowest BCUT2D eigenvalue weighted by atomic mass is 10.1. The molecular formula is C25H21Cl2O3P. The summed E-state index contributed by atoms with van der Waals surface area (Å²) in [4.78, 5) is 0. The number of benzene rings is 4. The van der Waals surface area contributed by atoms with Gasteiger partial charge in [0.2, 0.25) is 0 Å². The molecule has 4 rings (SSSR count). The van der Waals surface area contributed by atoms with E-state index in [0.29, 0.717) is 10.0 Å². The topological polar surface area (TPSA) is 35.5 Å². The summed E-state index contributed by atoms with van der Waals surface area (Å²) in [5.41, 5.74) is 2.67. The Bertz CT molecular complexity index is 1150. The molecule has 0 atom stereocenters. The fourth-order valence-corrected chi connectivity index (χ4v) is 5.17. The molecule has 4 aromatic rings. The molecule has 0 saturated carbocycles. The standard InChI is InChI=1S/C25H21Cl2O3P/c26-23-12-8-19(9-13-23)16-29-31(28,30-17-20-10-14-24(27)15-11-20)18-22-6-3-5-21-4-1-2-7-25(21)22/h1-15H,16-18H2. The molecule has 0 radical (unpaired) electrons. The average Bonchev–Trinajstić information content (AvgIpc) is 2.79. The number of hydrogen-bond acceptors (Lipinski definition) is 3. The van der Waals surface area contributed by atoms with Gasteiger partial charge in [-0.1, -0.05) is 89.9 Å². The van der Waals surface area contributed by atoms with Gasteiger partial charge in [0.1, 0.15) is 0 Å². The zero-order valence-electron chi connectivity index (χ0n) is 16.7. The first-order valence-corrected chi connectivity index (χ1v) is 12.3. The van der Waals surface area contributed by atoms with Crippen LogP contribution in [0.3, 0.4) is 0 Å². The van der Waals surface area contributed by atoms with Crippen molar-refractivity contribution >= 4 is 41.6 Å². The van der Waals surface area contributed by atoms with Crippen molar-refractivity contribution in [1.29, 1.82) is 0 Å². The lowest BCUT2D eigenvalue weighted by Crippen LogP contribution is -2.01. The van der Waals surface area contributed by atoms with E-state index in [9.17, 15) is 4.57 Å². The summed E-state index contributed by atoms with van der Waals surface area (Å²) in [6.07, 6.45) is 0.176. The third kappa shape index (κ3) is 5.98. The summed E-state index contributed by atoms with van der Waals surface area (Å²) in [6, 6.07) is 28.5. The van der Waals surface area contributed by atoms with E-state index in [1.165, 1.54) is 0 Å². The van der Waals surface area contributed by atoms with E-state index in [1.807, 2.05) is 66.7 Å². The molecule has 0 saturated heterocycles. The van der Waals surface area contributed by atoms with E-state index in [-0.39, 0.29) is 19.4 Å². The molecule has 0 aliphatic heterocycles. The van der Waals surface area contributed by atoms with Gasteiger partial charge < -0.3 is 9.05 Å². The SMILES string of the molecule is O=P(Cc1cccc2ccccc12)(OCc1ccc(Cl)cc1)OCc1ccc(Cl)cc1. The molecule has 0 bridgehead atoms. The molecule has 0 N–H and O–H groups in total. The fourth-order valence-electron chi connectivity index (χ4n) is 3.27. The molecule has 158 valence electrons. The maximum Gasteiger partial charge on any atom is 0.335 e. The predicted octanol–water partition coefficient (Wildman–Crippen LogP) is 8.27. The summed E-state index contributed by atoms with van der Waals surface area (Å²) in [7, 11) is -3.47. The first-order chi connectivity index (χ1) is 15.0. The van der Waals surface area contributed by atoms with E-state index >= 15 is 0 Å². The summed E-state index contributed by atoms with van der Waals surface area (Å²) in [5.74, 6) is 0. The van der Waals surface area contributed by atoms with E-state index in [0.717, 1.165) is 27.5 Å². The van der Waals surface area contributed by atoms with Crippen molar-refractivity contribution in [2.75, 3.05) is 0 Å². The normalized spacial score (nSPS) is 11.7. The molecule has 0 aliphatic carbocycles. The van der Waals surface area contributed by atoms with Crippen molar-refractivity contribution < 1.29 is 13.6 Å². The Kier molecular flexibility index (Phi) is 7.12. The lowest BCUT2D eigenvalue weighted by molar-refractivity contribution is 0.190. The summed E-state index contributed by atoms with van der Waals surface area (Å²) >= 11 is 11.9. The third-order valence-corrected chi connectivity index (χ3v) is 7.20. The van der Waals surface area contributed by atoms with Crippen LogP contribution in [0.4, 0.5) is 0 Å². The molecule has 4 aromatic carbocycles. The van der Waals surface area contributed by atoms with Crippen LogP contribution in [0.15, 0.2) is 91.0 Å². The van der Waals surface area contributed by atoms with Crippen LogP contribution in [0.25, 0.3) is 10.8 Å². The van der Waals surface area contributed by atoms with E-state index in [4.69, 9.17) is 32.2 Å². The van der Waals surface area contributed by atoms with Gasteiger partial charge in [0.25, 0.3) is 0 Å². The highest BCUT2D eigenvalue weighted by atomic mass is 35.5. The maximum atomic E-state index is 13.8. The molecule has 0 amide bonds. The van der Waals surface area contributed by atoms with Gasteiger partial charge in [-0.25, -0.2) is 0 Å². The first kappa shape index (κ1) is 22.1. The van der Waals surface area contributed by atoms with Gasteiger partial charge in [0.15, 0.2) is 0 Å². The Labute approximate surface area is 192 Å². The van der Waals surface area contributed by atoms with Gasteiger partial charge in [-0.2, -0.15) is 0 Å². The number of rotatable bonds is 8. The highest BCUT2D eigenvalue weighted by molar-refractivity contribution is 7.53. The van der Waals surface area contributed by atoms with E-state index in [2.05, 4.69) is 0 Å². The molecule has 0 spiro atoms. The van der Waals surface area contributed by atoms with Crippen molar-refractivity contribution in [2.45, 2.75) is 19.4 Å². The van der Waals surface area contributed by atoms with Crippen LogP contribution in [0.1, 0.15) is 16.7 Å². The van der Waals surface area contributed by atoms with Gasteiger partial charge in [-0.15, -0.1) is 0 Å². The Morgan fingerprint density at radius 1 is 0.645 bits per heavy atom.